The van der Waals surface area contributed by atoms with Crippen molar-refractivity contribution in [3.63, 3.8) is 0 Å². The van der Waals surface area contributed by atoms with Crippen LogP contribution in [-0.4, -0.2) is 25.2 Å². The molecule has 0 bridgehead atoms. The Hall–Kier alpha value is -1.78. The lowest BCUT2D eigenvalue weighted by Gasteiger charge is -1.96. The predicted octanol–water partition coefficient (Wildman–Crippen LogP) is 0.116. The van der Waals surface area contributed by atoms with E-state index in [1.54, 1.807) is 23.4 Å². The lowest BCUT2D eigenvalue weighted by atomic mass is 10.3. The zero-order valence-electron chi connectivity index (χ0n) is 6.33. The lowest BCUT2D eigenvalue weighted by molar-refractivity contribution is 0.647. The van der Waals surface area contributed by atoms with Gasteiger partial charge in [0.05, 0.1) is 6.54 Å². The maximum atomic E-state index is 3.98. The van der Waals surface area contributed by atoms with Crippen LogP contribution in [0, 0.1) is 0 Å². The van der Waals surface area contributed by atoms with Crippen molar-refractivity contribution in [2.24, 2.45) is 0 Å². The molecule has 0 saturated heterocycles. The molecule has 0 aliphatic carbocycles. The molecule has 0 aliphatic heterocycles. The average Bonchev–Trinajstić information content (AvgIpc) is 2.59. The van der Waals surface area contributed by atoms with Crippen molar-refractivity contribution >= 4 is 0 Å². The van der Waals surface area contributed by atoms with Crippen LogP contribution in [-0.2, 0) is 6.54 Å². The van der Waals surface area contributed by atoms with E-state index >= 15 is 0 Å². The highest BCUT2D eigenvalue weighted by molar-refractivity contribution is 5.07. The molecule has 0 fully saturated rings. The number of rotatable bonds is 2. The van der Waals surface area contributed by atoms with Crippen molar-refractivity contribution in [1.29, 1.82) is 0 Å². The highest BCUT2D eigenvalue weighted by Gasteiger charge is 1.94. The van der Waals surface area contributed by atoms with Gasteiger partial charge in [-0.1, -0.05) is 6.07 Å². The van der Waals surface area contributed by atoms with Crippen LogP contribution in [0.4, 0.5) is 0 Å². The van der Waals surface area contributed by atoms with Crippen molar-refractivity contribution in [2.45, 2.75) is 6.54 Å². The minimum atomic E-state index is 0.668. The summed E-state index contributed by atoms with van der Waals surface area (Å²) in [5.41, 5.74) is 1.09. The van der Waals surface area contributed by atoms with Crippen LogP contribution in [0.5, 0.6) is 0 Å². The smallest absolute Gasteiger partial charge is 0.138 e. The van der Waals surface area contributed by atoms with Crippen LogP contribution in [0.2, 0.25) is 0 Å². The summed E-state index contributed by atoms with van der Waals surface area (Å²) in [6, 6.07) is 3.87. The Morgan fingerprint density at radius 2 is 2.42 bits per heavy atom. The normalized spacial score (nSPS) is 10.0. The number of pyridine rings is 1. The van der Waals surface area contributed by atoms with Gasteiger partial charge in [-0.15, -0.1) is 5.10 Å². The summed E-state index contributed by atoms with van der Waals surface area (Å²) in [7, 11) is 0. The Morgan fingerprint density at radius 1 is 1.42 bits per heavy atom. The van der Waals surface area contributed by atoms with Crippen LogP contribution in [0.3, 0.4) is 0 Å². The fourth-order valence-corrected chi connectivity index (χ4v) is 0.931. The molecule has 0 N–H and O–H groups in total. The molecular weight excluding hydrogens is 154 g/mol. The fourth-order valence-electron chi connectivity index (χ4n) is 0.931. The standard InChI is InChI=1S/C7H7N5/c1-2-7(4-8-3-1)5-12-6-9-10-11-12/h1-4,6H,5H2. The summed E-state index contributed by atoms with van der Waals surface area (Å²) in [5.74, 6) is 0. The SMILES string of the molecule is c1cncc(Cn2cnnn2)c1. The summed E-state index contributed by atoms with van der Waals surface area (Å²) in [6.07, 6.45) is 5.11. The van der Waals surface area contributed by atoms with Crippen molar-refractivity contribution in [1.82, 2.24) is 25.2 Å². The van der Waals surface area contributed by atoms with Gasteiger partial charge >= 0.3 is 0 Å². The van der Waals surface area contributed by atoms with E-state index in [4.69, 9.17) is 0 Å². The Kier molecular flexibility index (Phi) is 1.77. The van der Waals surface area contributed by atoms with E-state index in [-0.39, 0.29) is 0 Å². The summed E-state index contributed by atoms with van der Waals surface area (Å²) >= 11 is 0. The van der Waals surface area contributed by atoms with Gasteiger partial charge in [0.15, 0.2) is 0 Å². The molecule has 5 nitrogen and oxygen atoms in total. The van der Waals surface area contributed by atoms with Gasteiger partial charge in [0, 0.05) is 12.4 Å². The quantitative estimate of drug-likeness (QED) is 0.627. The van der Waals surface area contributed by atoms with E-state index in [9.17, 15) is 0 Å². The third kappa shape index (κ3) is 1.45. The summed E-state index contributed by atoms with van der Waals surface area (Å²) in [4.78, 5) is 3.98. The van der Waals surface area contributed by atoms with Crippen LogP contribution in [0.15, 0.2) is 30.9 Å². The van der Waals surface area contributed by atoms with Gasteiger partial charge in [0.1, 0.15) is 6.33 Å². The number of hydrogen-bond acceptors (Lipinski definition) is 4. The van der Waals surface area contributed by atoms with E-state index < -0.39 is 0 Å². The van der Waals surface area contributed by atoms with E-state index in [0.717, 1.165) is 5.56 Å². The van der Waals surface area contributed by atoms with Gasteiger partial charge in [-0.3, -0.25) is 4.98 Å². The molecule has 0 radical (unpaired) electrons. The second-order valence-corrected chi connectivity index (χ2v) is 2.37. The predicted molar refractivity (Wildman–Crippen MR) is 41.2 cm³/mol. The van der Waals surface area contributed by atoms with Crippen molar-refractivity contribution in [3.05, 3.63) is 36.4 Å². The van der Waals surface area contributed by atoms with Gasteiger partial charge in [-0.2, -0.15) is 0 Å². The van der Waals surface area contributed by atoms with E-state index in [0.29, 0.717) is 6.54 Å². The second kappa shape index (κ2) is 3.08. The van der Waals surface area contributed by atoms with Gasteiger partial charge in [0.2, 0.25) is 0 Å². The number of aromatic nitrogens is 5. The fraction of sp³-hybridized carbons (Fsp3) is 0.143. The third-order valence-electron chi connectivity index (χ3n) is 1.46. The van der Waals surface area contributed by atoms with Crippen molar-refractivity contribution < 1.29 is 0 Å². The van der Waals surface area contributed by atoms with Crippen molar-refractivity contribution in [2.75, 3.05) is 0 Å². The average molecular weight is 161 g/mol. The first-order valence-electron chi connectivity index (χ1n) is 3.55. The van der Waals surface area contributed by atoms with E-state index in [1.165, 1.54) is 0 Å². The molecule has 5 heteroatoms. The van der Waals surface area contributed by atoms with Crippen molar-refractivity contribution in [3.8, 4) is 0 Å². The van der Waals surface area contributed by atoms with Crippen LogP contribution in [0.1, 0.15) is 5.56 Å². The molecule has 60 valence electrons. The molecule has 0 aliphatic rings. The minimum absolute atomic E-state index is 0.668. The second-order valence-electron chi connectivity index (χ2n) is 2.37. The van der Waals surface area contributed by atoms with E-state index in [1.807, 2.05) is 12.1 Å². The first-order chi connectivity index (χ1) is 5.95. The topological polar surface area (TPSA) is 56.5 Å². The number of hydrogen-bond donors (Lipinski definition) is 0. The summed E-state index contributed by atoms with van der Waals surface area (Å²) in [6.45, 7) is 0.668. The Morgan fingerprint density at radius 3 is 3.08 bits per heavy atom. The third-order valence-corrected chi connectivity index (χ3v) is 1.46. The molecule has 12 heavy (non-hydrogen) atoms. The zero-order valence-corrected chi connectivity index (χ0v) is 6.33. The number of tetrazole rings is 1. The largest absolute Gasteiger partial charge is 0.264 e. The van der Waals surface area contributed by atoms with Gasteiger partial charge in [-0.05, 0) is 22.1 Å². The monoisotopic (exact) mass is 161 g/mol. The molecule has 0 aromatic carbocycles. The lowest BCUT2D eigenvalue weighted by Crippen LogP contribution is -2.00. The Balaban J connectivity index is 2.15. The molecule has 0 atom stereocenters. The Bertz CT molecular complexity index is 328. The maximum Gasteiger partial charge on any atom is 0.138 e. The van der Waals surface area contributed by atoms with Gasteiger partial charge in [0.25, 0.3) is 0 Å². The summed E-state index contributed by atoms with van der Waals surface area (Å²) in [5, 5.41) is 10.8. The molecular formula is C7H7N5. The van der Waals surface area contributed by atoms with Gasteiger partial charge in [-0.25, -0.2) is 4.68 Å². The molecule has 0 unspecified atom stereocenters. The first kappa shape index (κ1) is 6.90. The summed E-state index contributed by atoms with van der Waals surface area (Å²) < 4.78 is 1.65. The highest BCUT2D eigenvalue weighted by Crippen LogP contribution is 1.96. The van der Waals surface area contributed by atoms with Crippen LogP contribution >= 0.6 is 0 Å². The zero-order chi connectivity index (χ0) is 8.23. The highest BCUT2D eigenvalue weighted by atomic mass is 15.5. The van der Waals surface area contributed by atoms with Crippen LogP contribution < -0.4 is 0 Å². The molecule has 2 aromatic heterocycles. The number of nitrogens with zero attached hydrogens (tertiary/aromatic N) is 5. The first-order valence-corrected chi connectivity index (χ1v) is 3.55. The molecule has 2 aromatic rings. The molecule has 2 rings (SSSR count). The van der Waals surface area contributed by atoms with Crippen LogP contribution in [0.25, 0.3) is 0 Å². The minimum Gasteiger partial charge on any atom is -0.264 e. The van der Waals surface area contributed by atoms with Gasteiger partial charge < -0.3 is 0 Å². The molecule has 2 heterocycles. The molecule has 0 saturated carbocycles. The maximum absolute atomic E-state index is 3.98. The Labute approximate surface area is 69.1 Å². The van der Waals surface area contributed by atoms with E-state index in [2.05, 4.69) is 20.5 Å². The molecule has 0 amide bonds. The molecule has 0 spiro atoms.